The van der Waals surface area contributed by atoms with Crippen molar-refractivity contribution < 1.29 is 16.8 Å². The molecule has 3 aromatic rings. The Morgan fingerprint density at radius 1 is 0.765 bits per heavy atom. The van der Waals surface area contributed by atoms with E-state index >= 15 is 0 Å². The van der Waals surface area contributed by atoms with Crippen LogP contribution in [0.3, 0.4) is 0 Å². The largest absolute Gasteiger partial charge is 0.246 e. The fraction of sp³-hybridized carbons (Fsp3) is 0.375. The lowest BCUT2D eigenvalue weighted by molar-refractivity contribution is 0.272. The monoisotopic (exact) mass is 502 g/mol. The van der Waals surface area contributed by atoms with Gasteiger partial charge in [0, 0.05) is 26.2 Å². The highest BCUT2D eigenvalue weighted by atomic mass is 32.2. The zero-order valence-corrected chi connectivity index (χ0v) is 21.5. The van der Waals surface area contributed by atoms with Gasteiger partial charge in [0.1, 0.15) is 4.90 Å². The SMILES string of the molecule is Cc1nn(-c2ccccc2)c(C)c1S(=O)(=O)N1CCN(S(=O)(=O)c2ccc(C(C)C)cc2)CC1. The smallest absolute Gasteiger partial charge is 0.236 e. The van der Waals surface area contributed by atoms with Crippen molar-refractivity contribution in [2.45, 2.75) is 43.4 Å². The maximum atomic E-state index is 13.5. The third-order valence-electron chi connectivity index (χ3n) is 6.21. The van der Waals surface area contributed by atoms with Crippen molar-refractivity contribution in [3.63, 3.8) is 0 Å². The number of hydrogen-bond acceptors (Lipinski definition) is 5. The van der Waals surface area contributed by atoms with Gasteiger partial charge >= 0.3 is 0 Å². The number of rotatable bonds is 6. The maximum Gasteiger partial charge on any atom is 0.246 e. The first kappa shape index (κ1) is 24.6. The van der Waals surface area contributed by atoms with Crippen molar-refractivity contribution in [2.24, 2.45) is 0 Å². The van der Waals surface area contributed by atoms with E-state index in [-0.39, 0.29) is 36.0 Å². The Kier molecular flexibility index (Phi) is 6.69. The van der Waals surface area contributed by atoms with E-state index in [1.165, 1.54) is 8.61 Å². The molecule has 0 atom stereocenters. The van der Waals surface area contributed by atoms with Crippen LogP contribution < -0.4 is 0 Å². The number of piperazine rings is 1. The van der Waals surface area contributed by atoms with Crippen molar-refractivity contribution in [3.8, 4) is 5.69 Å². The minimum atomic E-state index is -3.83. The molecule has 1 fully saturated rings. The van der Waals surface area contributed by atoms with E-state index in [4.69, 9.17) is 0 Å². The molecule has 4 rings (SSSR count). The summed E-state index contributed by atoms with van der Waals surface area (Å²) in [5.41, 5.74) is 2.80. The van der Waals surface area contributed by atoms with Crippen molar-refractivity contribution in [2.75, 3.05) is 26.2 Å². The molecule has 8 nitrogen and oxygen atoms in total. The molecular formula is C24H30N4O4S2. The standard InChI is InChI=1S/C24H30N4O4S2/c1-18(2)21-10-12-23(13-11-21)33(29,30)26-14-16-27(17-15-26)34(31,32)24-19(3)25-28(20(24)4)22-8-6-5-7-9-22/h5-13,18H,14-17H2,1-4H3. The fourth-order valence-corrected chi connectivity index (χ4v) is 7.47. The van der Waals surface area contributed by atoms with Crippen molar-refractivity contribution in [1.82, 2.24) is 18.4 Å². The Balaban J connectivity index is 1.54. The zero-order chi connectivity index (χ0) is 24.7. The molecule has 1 aromatic heterocycles. The Morgan fingerprint density at radius 3 is 1.82 bits per heavy atom. The number of nitrogens with zero attached hydrogens (tertiary/aromatic N) is 4. The molecule has 0 unspecified atom stereocenters. The summed E-state index contributed by atoms with van der Waals surface area (Å²) in [6, 6.07) is 16.3. The molecular weight excluding hydrogens is 472 g/mol. The normalized spacial score (nSPS) is 16.3. The van der Waals surface area contributed by atoms with Crippen LogP contribution in [0.5, 0.6) is 0 Å². The first-order valence-electron chi connectivity index (χ1n) is 11.3. The van der Waals surface area contributed by atoms with E-state index in [2.05, 4.69) is 18.9 Å². The predicted molar refractivity (Wildman–Crippen MR) is 131 cm³/mol. The Hall–Kier alpha value is -2.53. The molecule has 34 heavy (non-hydrogen) atoms. The molecule has 0 bridgehead atoms. The molecule has 0 aliphatic carbocycles. The van der Waals surface area contributed by atoms with E-state index in [0.29, 0.717) is 17.3 Å². The molecule has 182 valence electrons. The summed E-state index contributed by atoms with van der Waals surface area (Å²) in [6.07, 6.45) is 0. The number of para-hydroxylation sites is 1. The Morgan fingerprint density at radius 2 is 1.29 bits per heavy atom. The minimum absolute atomic E-state index is 0.0844. The van der Waals surface area contributed by atoms with Gasteiger partial charge in [-0.3, -0.25) is 0 Å². The lowest BCUT2D eigenvalue weighted by atomic mass is 10.0. The summed E-state index contributed by atoms with van der Waals surface area (Å²) < 4.78 is 57.6. The van der Waals surface area contributed by atoms with Crippen LogP contribution in [-0.4, -0.2) is 61.4 Å². The van der Waals surface area contributed by atoms with Gasteiger partial charge in [-0.2, -0.15) is 13.7 Å². The lowest BCUT2D eigenvalue weighted by Gasteiger charge is -2.33. The van der Waals surface area contributed by atoms with E-state index in [1.807, 2.05) is 42.5 Å². The van der Waals surface area contributed by atoms with Gasteiger partial charge in [0.15, 0.2) is 0 Å². The average molecular weight is 503 g/mol. The number of benzene rings is 2. The lowest BCUT2D eigenvalue weighted by Crippen LogP contribution is -2.50. The zero-order valence-electron chi connectivity index (χ0n) is 19.8. The quantitative estimate of drug-likeness (QED) is 0.516. The summed E-state index contributed by atoms with van der Waals surface area (Å²) in [5, 5.41) is 4.46. The van der Waals surface area contributed by atoms with Gasteiger partial charge in [0.25, 0.3) is 0 Å². The second-order valence-corrected chi connectivity index (χ2v) is 12.6. The number of hydrogen-bond donors (Lipinski definition) is 0. The molecule has 0 spiro atoms. The number of aryl methyl sites for hydroxylation is 1. The first-order chi connectivity index (χ1) is 16.0. The molecule has 0 amide bonds. The molecule has 0 radical (unpaired) electrons. The summed E-state index contributed by atoms with van der Waals surface area (Å²) in [7, 11) is -7.52. The second-order valence-electron chi connectivity index (χ2n) is 8.78. The van der Waals surface area contributed by atoms with E-state index in [9.17, 15) is 16.8 Å². The maximum absolute atomic E-state index is 13.5. The molecule has 1 saturated heterocycles. The first-order valence-corrected chi connectivity index (χ1v) is 14.1. The molecule has 0 N–H and O–H groups in total. The van der Waals surface area contributed by atoms with Crippen LogP contribution in [0.1, 0.15) is 36.7 Å². The summed E-state index contributed by atoms with van der Waals surface area (Å²) in [6.45, 7) is 7.88. The highest BCUT2D eigenvalue weighted by molar-refractivity contribution is 7.89. The van der Waals surface area contributed by atoms with E-state index in [1.54, 1.807) is 30.7 Å². The number of aromatic nitrogens is 2. The predicted octanol–water partition coefficient (Wildman–Crippen LogP) is 3.31. The van der Waals surface area contributed by atoms with Gasteiger partial charge in [-0.25, -0.2) is 21.5 Å². The van der Waals surface area contributed by atoms with Gasteiger partial charge in [0.05, 0.1) is 22.0 Å². The number of sulfonamides is 2. The summed E-state index contributed by atoms with van der Waals surface area (Å²) in [4.78, 5) is 0.404. The van der Waals surface area contributed by atoms with E-state index < -0.39 is 20.0 Å². The van der Waals surface area contributed by atoms with Crippen LogP contribution in [0.15, 0.2) is 64.4 Å². The van der Waals surface area contributed by atoms with Gasteiger partial charge in [-0.1, -0.05) is 44.2 Å². The second kappa shape index (κ2) is 9.26. The van der Waals surface area contributed by atoms with Crippen LogP contribution in [0.2, 0.25) is 0 Å². The highest BCUT2D eigenvalue weighted by Crippen LogP contribution is 2.28. The van der Waals surface area contributed by atoms with E-state index in [0.717, 1.165) is 11.3 Å². The molecule has 2 heterocycles. The topological polar surface area (TPSA) is 92.6 Å². The van der Waals surface area contributed by atoms with Crippen LogP contribution in [0, 0.1) is 13.8 Å². The molecule has 0 saturated carbocycles. The van der Waals surface area contributed by atoms with Crippen molar-refractivity contribution >= 4 is 20.0 Å². The van der Waals surface area contributed by atoms with Crippen LogP contribution in [0.25, 0.3) is 5.69 Å². The highest BCUT2D eigenvalue weighted by Gasteiger charge is 2.36. The Labute approximate surface area is 201 Å². The molecule has 1 aliphatic rings. The molecule has 1 aliphatic heterocycles. The summed E-state index contributed by atoms with van der Waals surface area (Å²) >= 11 is 0. The fourth-order valence-electron chi connectivity index (χ4n) is 4.28. The van der Waals surface area contributed by atoms with Crippen LogP contribution >= 0.6 is 0 Å². The average Bonchev–Trinajstić information content (AvgIpc) is 3.14. The molecule has 2 aromatic carbocycles. The third-order valence-corrected chi connectivity index (χ3v) is 10.3. The Bertz CT molecular complexity index is 1370. The van der Waals surface area contributed by atoms with Gasteiger partial charge in [-0.15, -0.1) is 0 Å². The van der Waals surface area contributed by atoms with Gasteiger partial charge in [0.2, 0.25) is 20.0 Å². The van der Waals surface area contributed by atoms with Gasteiger partial charge < -0.3 is 0 Å². The van der Waals surface area contributed by atoms with Crippen LogP contribution in [0.4, 0.5) is 0 Å². The summed E-state index contributed by atoms with van der Waals surface area (Å²) in [5.74, 6) is 0.309. The van der Waals surface area contributed by atoms with Crippen LogP contribution in [-0.2, 0) is 20.0 Å². The third kappa shape index (κ3) is 4.43. The van der Waals surface area contributed by atoms with Crippen molar-refractivity contribution in [1.29, 1.82) is 0 Å². The van der Waals surface area contributed by atoms with Crippen molar-refractivity contribution in [3.05, 3.63) is 71.5 Å². The molecule has 10 heteroatoms. The van der Waals surface area contributed by atoms with Gasteiger partial charge in [-0.05, 0) is 49.6 Å². The minimum Gasteiger partial charge on any atom is -0.236 e.